The fraction of sp³-hybridized carbons (Fsp3) is 0.231. The van der Waals surface area contributed by atoms with Gasteiger partial charge in [0.1, 0.15) is 0 Å². The van der Waals surface area contributed by atoms with Crippen LogP contribution in [0.3, 0.4) is 0 Å². The van der Waals surface area contributed by atoms with Gasteiger partial charge in [-0.05, 0) is 25.2 Å². The SMILES string of the molecule is C=C/C=C(\C=C/C)N(F)C(=C)C=C.CC. The molecule has 84 valence electrons. The maximum Gasteiger partial charge on any atom is 0.0743 e. The summed E-state index contributed by atoms with van der Waals surface area (Å²) in [4.78, 5) is 0. The van der Waals surface area contributed by atoms with Gasteiger partial charge in [-0.25, -0.2) is 0 Å². The lowest BCUT2D eigenvalue weighted by atomic mass is 10.3. The summed E-state index contributed by atoms with van der Waals surface area (Å²) >= 11 is 0. The Labute approximate surface area is 92.5 Å². The summed E-state index contributed by atoms with van der Waals surface area (Å²) in [6.45, 7) is 16.2. The van der Waals surface area contributed by atoms with Crippen LogP contribution in [0.5, 0.6) is 0 Å². The quantitative estimate of drug-likeness (QED) is 0.474. The Morgan fingerprint density at radius 1 is 1.27 bits per heavy atom. The first-order chi connectivity index (χ1) is 7.17. The van der Waals surface area contributed by atoms with Crippen molar-refractivity contribution in [3.8, 4) is 0 Å². The molecule has 0 amide bonds. The van der Waals surface area contributed by atoms with Crippen LogP contribution in [0.4, 0.5) is 4.48 Å². The first-order valence-corrected chi connectivity index (χ1v) is 4.90. The van der Waals surface area contributed by atoms with Gasteiger partial charge in [0.25, 0.3) is 0 Å². The van der Waals surface area contributed by atoms with Gasteiger partial charge in [-0.15, -0.1) is 0 Å². The highest BCUT2D eigenvalue weighted by atomic mass is 19.2. The van der Waals surface area contributed by atoms with Crippen molar-refractivity contribution in [3.63, 3.8) is 0 Å². The van der Waals surface area contributed by atoms with Gasteiger partial charge in [-0.1, -0.05) is 50.2 Å². The van der Waals surface area contributed by atoms with Gasteiger partial charge in [0.05, 0.1) is 11.4 Å². The Bertz CT molecular complexity index is 262. The van der Waals surface area contributed by atoms with Crippen LogP contribution in [-0.4, -0.2) is 5.12 Å². The maximum absolute atomic E-state index is 13.3. The average Bonchev–Trinajstić information content (AvgIpc) is 2.29. The van der Waals surface area contributed by atoms with E-state index in [0.717, 1.165) is 0 Å². The van der Waals surface area contributed by atoms with E-state index >= 15 is 0 Å². The summed E-state index contributed by atoms with van der Waals surface area (Å²) < 4.78 is 13.3. The predicted octanol–water partition coefficient (Wildman–Crippen LogP) is 4.54. The first-order valence-electron chi connectivity index (χ1n) is 4.90. The van der Waals surface area contributed by atoms with Gasteiger partial charge < -0.3 is 0 Å². The Balaban J connectivity index is 0. The molecule has 0 saturated heterocycles. The molecule has 1 nitrogen and oxygen atoms in total. The number of rotatable bonds is 5. The van der Waals surface area contributed by atoms with Crippen molar-refractivity contribution in [2.75, 3.05) is 0 Å². The van der Waals surface area contributed by atoms with Gasteiger partial charge in [0.15, 0.2) is 0 Å². The van der Waals surface area contributed by atoms with E-state index in [2.05, 4.69) is 19.7 Å². The molecule has 0 fully saturated rings. The van der Waals surface area contributed by atoms with Gasteiger partial charge in [0, 0.05) is 0 Å². The molecule has 0 aliphatic carbocycles. The van der Waals surface area contributed by atoms with Crippen molar-refractivity contribution in [2.24, 2.45) is 0 Å². The standard InChI is InChI=1S/C11H14FN.C2H6/c1-5-8-11(9-6-2)13(12)10(4)7-3;1-2/h5-9H,1,3-4H2,2H3;1-2H3/b9-6-,11-8+;. The molecule has 2 heteroatoms. The lowest BCUT2D eigenvalue weighted by Gasteiger charge is -2.13. The monoisotopic (exact) mass is 209 g/mol. The molecule has 0 N–H and O–H groups in total. The summed E-state index contributed by atoms with van der Waals surface area (Å²) in [5, 5.41) is 0.453. The van der Waals surface area contributed by atoms with Crippen LogP contribution in [0.15, 0.2) is 61.5 Å². The maximum atomic E-state index is 13.3. The van der Waals surface area contributed by atoms with E-state index in [-0.39, 0.29) is 5.70 Å². The normalized spacial score (nSPS) is 10.3. The summed E-state index contributed by atoms with van der Waals surface area (Å²) in [7, 11) is 0. The number of hydrogen-bond acceptors (Lipinski definition) is 1. The van der Waals surface area contributed by atoms with Crippen molar-refractivity contribution >= 4 is 0 Å². The van der Waals surface area contributed by atoms with Crippen molar-refractivity contribution < 1.29 is 4.48 Å². The third-order valence-electron chi connectivity index (χ3n) is 1.34. The second-order valence-electron chi connectivity index (χ2n) is 2.30. The minimum absolute atomic E-state index is 0.200. The summed E-state index contributed by atoms with van der Waals surface area (Å²) in [5.41, 5.74) is 0.577. The minimum Gasteiger partial charge on any atom is -0.180 e. The highest BCUT2D eigenvalue weighted by Crippen LogP contribution is 2.14. The molecule has 0 spiro atoms. The van der Waals surface area contributed by atoms with Crippen LogP contribution in [0.25, 0.3) is 0 Å². The third-order valence-corrected chi connectivity index (χ3v) is 1.34. The number of nitrogens with zero attached hydrogens (tertiary/aromatic N) is 1. The molecule has 0 unspecified atom stereocenters. The van der Waals surface area contributed by atoms with Crippen LogP contribution in [0.1, 0.15) is 20.8 Å². The molecule has 0 aromatic heterocycles. The smallest absolute Gasteiger partial charge is 0.0743 e. The zero-order valence-corrected chi connectivity index (χ0v) is 9.83. The molecule has 0 bridgehead atoms. The summed E-state index contributed by atoms with van der Waals surface area (Å²) in [6, 6.07) is 0. The molecule has 0 aliphatic rings. The van der Waals surface area contributed by atoms with E-state index in [0.29, 0.717) is 10.8 Å². The number of hydrogen-bond donors (Lipinski definition) is 0. The van der Waals surface area contributed by atoms with Gasteiger partial charge in [0.2, 0.25) is 0 Å². The van der Waals surface area contributed by atoms with E-state index in [1.165, 1.54) is 12.2 Å². The zero-order valence-electron chi connectivity index (χ0n) is 9.83. The van der Waals surface area contributed by atoms with Gasteiger partial charge in [-0.3, -0.25) is 0 Å². The third kappa shape index (κ3) is 6.49. The lowest BCUT2D eigenvalue weighted by molar-refractivity contribution is 0.131. The highest BCUT2D eigenvalue weighted by molar-refractivity contribution is 5.26. The fourth-order valence-electron chi connectivity index (χ4n) is 0.724. The molecule has 0 saturated carbocycles. The van der Waals surface area contributed by atoms with Crippen LogP contribution in [-0.2, 0) is 0 Å². The molecule has 0 aromatic rings. The topological polar surface area (TPSA) is 3.24 Å². The van der Waals surface area contributed by atoms with Crippen LogP contribution in [0, 0.1) is 0 Å². The molecule has 0 radical (unpaired) electrons. The van der Waals surface area contributed by atoms with E-state index in [1.807, 2.05) is 13.8 Å². The minimum atomic E-state index is 0.200. The zero-order chi connectivity index (χ0) is 12.3. The predicted molar refractivity (Wildman–Crippen MR) is 66.7 cm³/mol. The van der Waals surface area contributed by atoms with E-state index in [4.69, 9.17) is 0 Å². The Morgan fingerprint density at radius 3 is 2.13 bits per heavy atom. The largest absolute Gasteiger partial charge is 0.180 e. The Kier molecular flexibility index (Phi) is 11.1. The van der Waals surface area contributed by atoms with Crippen LogP contribution < -0.4 is 0 Å². The summed E-state index contributed by atoms with van der Waals surface area (Å²) in [6.07, 6.45) is 7.77. The molecule has 0 heterocycles. The first kappa shape index (κ1) is 15.9. The van der Waals surface area contributed by atoms with Crippen LogP contribution in [0.2, 0.25) is 0 Å². The van der Waals surface area contributed by atoms with Crippen molar-refractivity contribution in [1.82, 2.24) is 5.12 Å². The van der Waals surface area contributed by atoms with Crippen molar-refractivity contribution in [2.45, 2.75) is 20.8 Å². The molecule has 0 aliphatic heterocycles. The second kappa shape index (κ2) is 10.5. The van der Waals surface area contributed by atoms with E-state index in [9.17, 15) is 4.48 Å². The molecule has 0 atom stereocenters. The summed E-state index contributed by atoms with van der Waals surface area (Å²) in [5.74, 6) is 0. The van der Waals surface area contributed by atoms with Crippen LogP contribution >= 0.6 is 0 Å². The Hall–Kier alpha value is -1.57. The molecular formula is C13H20FN. The van der Waals surface area contributed by atoms with Gasteiger partial charge >= 0.3 is 0 Å². The second-order valence-corrected chi connectivity index (χ2v) is 2.30. The highest BCUT2D eigenvalue weighted by Gasteiger charge is 2.05. The van der Waals surface area contributed by atoms with Crippen molar-refractivity contribution in [1.29, 1.82) is 0 Å². The average molecular weight is 209 g/mol. The number of halogens is 1. The fourth-order valence-corrected chi connectivity index (χ4v) is 0.724. The van der Waals surface area contributed by atoms with E-state index < -0.39 is 0 Å². The van der Waals surface area contributed by atoms with Crippen molar-refractivity contribution in [3.05, 3.63) is 61.5 Å². The molecule has 0 aromatic carbocycles. The lowest BCUT2D eigenvalue weighted by Crippen LogP contribution is -2.08. The molecule has 15 heavy (non-hydrogen) atoms. The molecule has 0 rings (SSSR count). The number of allylic oxidation sites excluding steroid dienone is 5. The Morgan fingerprint density at radius 2 is 1.80 bits per heavy atom. The van der Waals surface area contributed by atoms with E-state index in [1.54, 1.807) is 25.2 Å². The van der Waals surface area contributed by atoms with Gasteiger partial charge in [-0.2, -0.15) is 5.12 Å². The molecular weight excluding hydrogens is 189 g/mol.